The molecule has 0 N–H and O–H groups in total. The van der Waals surface area contributed by atoms with Crippen molar-refractivity contribution in [2.45, 2.75) is 13.1 Å². The number of rotatable bonds is 9. The smallest absolute Gasteiger partial charge is 0.290 e. The second-order valence-electron chi connectivity index (χ2n) is 7.92. The molecule has 0 spiro atoms. The van der Waals surface area contributed by atoms with Crippen molar-refractivity contribution in [1.29, 1.82) is 0 Å². The van der Waals surface area contributed by atoms with Gasteiger partial charge in [-0.25, -0.2) is 0 Å². The monoisotopic (exact) mass is 492 g/mol. The maximum absolute atomic E-state index is 13.2. The Balaban J connectivity index is 1.42. The highest BCUT2D eigenvalue weighted by Gasteiger charge is 2.23. The second kappa shape index (κ2) is 9.95. The number of carbonyl (C=O) groups excluding carboxylic acids is 1. The molecular formula is C26H24N2O8. The SMILES string of the molecule is COc1cc(-c2cc(CN(Cc3ccc4c(c3)OCO4)C(=O)c3ccco3)no2)cc(OC)c1OC. The lowest BCUT2D eigenvalue weighted by Crippen LogP contribution is -2.30. The highest BCUT2D eigenvalue weighted by Crippen LogP contribution is 2.41. The zero-order valence-electron chi connectivity index (χ0n) is 20.0. The first-order valence-corrected chi connectivity index (χ1v) is 11.1. The van der Waals surface area contributed by atoms with E-state index in [1.54, 1.807) is 49.5 Å². The zero-order chi connectivity index (χ0) is 25.1. The van der Waals surface area contributed by atoms with Gasteiger partial charge < -0.3 is 37.5 Å². The van der Waals surface area contributed by atoms with Gasteiger partial charge in [0.2, 0.25) is 12.5 Å². The minimum absolute atomic E-state index is 0.177. The van der Waals surface area contributed by atoms with Gasteiger partial charge in [-0.05, 0) is 42.0 Å². The molecule has 36 heavy (non-hydrogen) atoms. The quantitative estimate of drug-likeness (QED) is 0.333. The van der Waals surface area contributed by atoms with Crippen LogP contribution in [0.25, 0.3) is 11.3 Å². The summed E-state index contributed by atoms with van der Waals surface area (Å²) in [5.74, 6) is 3.20. The summed E-state index contributed by atoms with van der Waals surface area (Å²) in [6, 6.07) is 14.2. The average molecular weight is 492 g/mol. The third-order valence-electron chi connectivity index (χ3n) is 5.69. The minimum Gasteiger partial charge on any atom is -0.493 e. The molecule has 1 amide bonds. The van der Waals surface area contributed by atoms with E-state index in [9.17, 15) is 4.79 Å². The Kier molecular flexibility index (Phi) is 6.40. The Hall–Kier alpha value is -4.60. The number of amides is 1. The summed E-state index contributed by atoms with van der Waals surface area (Å²) in [4.78, 5) is 14.9. The van der Waals surface area contributed by atoms with Gasteiger partial charge in [-0.1, -0.05) is 11.2 Å². The topological polar surface area (TPSA) is 106 Å². The van der Waals surface area contributed by atoms with Crippen molar-refractivity contribution in [2.24, 2.45) is 0 Å². The largest absolute Gasteiger partial charge is 0.493 e. The molecule has 3 heterocycles. The molecule has 1 aliphatic heterocycles. The number of hydrogen-bond acceptors (Lipinski definition) is 9. The molecule has 10 nitrogen and oxygen atoms in total. The van der Waals surface area contributed by atoms with E-state index in [-0.39, 0.29) is 25.0 Å². The number of methoxy groups -OCH3 is 3. The van der Waals surface area contributed by atoms with Crippen LogP contribution in [0.2, 0.25) is 0 Å². The van der Waals surface area contributed by atoms with Crippen molar-refractivity contribution in [2.75, 3.05) is 28.1 Å². The van der Waals surface area contributed by atoms with Crippen molar-refractivity contribution in [3.05, 3.63) is 71.8 Å². The van der Waals surface area contributed by atoms with Crippen molar-refractivity contribution in [3.8, 4) is 40.1 Å². The minimum atomic E-state index is -0.282. The van der Waals surface area contributed by atoms with Gasteiger partial charge in [-0.3, -0.25) is 4.79 Å². The van der Waals surface area contributed by atoms with E-state index in [1.165, 1.54) is 13.4 Å². The van der Waals surface area contributed by atoms with E-state index in [4.69, 9.17) is 32.6 Å². The van der Waals surface area contributed by atoms with Crippen LogP contribution >= 0.6 is 0 Å². The molecule has 1 aliphatic rings. The number of carbonyl (C=O) groups is 1. The molecule has 0 saturated heterocycles. The number of aromatic nitrogens is 1. The predicted octanol–water partition coefficient (Wildman–Crippen LogP) is 4.53. The Morgan fingerprint density at radius 3 is 2.42 bits per heavy atom. The highest BCUT2D eigenvalue weighted by atomic mass is 16.7. The normalized spacial score (nSPS) is 11.9. The molecule has 0 unspecified atom stereocenters. The molecule has 0 bridgehead atoms. The van der Waals surface area contributed by atoms with Crippen LogP contribution in [0.5, 0.6) is 28.7 Å². The first kappa shape index (κ1) is 23.2. The maximum Gasteiger partial charge on any atom is 0.290 e. The van der Waals surface area contributed by atoms with Crippen LogP contribution in [-0.4, -0.2) is 44.1 Å². The van der Waals surface area contributed by atoms with Gasteiger partial charge in [0, 0.05) is 18.2 Å². The fraction of sp³-hybridized carbons (Fsp3) is 0.231. The molecule has 0 fully saturated rings. The van der Waals surface area contributed by atoms with Crippen LogP contribution in [0, 0.1) is 0 Å². The first-order valence-electron chi connectivity index (χ1n) is 11.1. The van der Waals surface area contributed by atoms with E-state index in [0.29, 0.717) is 52.3 Å². The number of nitrogens with zero attached hydrogens (tertiary/aromatic N) is 2. The summed E-state index contributed by atoms with van der Waals surface area (Å²) in [5.41, 5.74) is 2.11. The fourth-order valence-electron chi connectivity index (χ4n) is 3.96. The van der Waals surface area contributed by atoms with Gasteiger partial charge in [0.05, 0.1) is 34.1 Å². The lowest BCUT2D eigenvalue weighted by Gasteiger charge is -2.20. The van der Waals surface area contributed by atoms with Crippen LogP contribution in [0.1, 0.15) is 21.8 Å². The summed E-state index contributed by atoms with van der Waals surface area (Å²) in [5, 5.41) is 4.19. The van der Waals surface area contributed by atoms with Gasteiger partial charge in [-0.2, -0.15) is 0 Å². The Bertz CT molecular complexity index is 1340. The number of hydrogen-bond donors (Lipinski definition) is 0. The Morgan fingerprint density at radius 2 is 1.72 bits per heavy atom. The van der Waals surface area contributed by atoms with E-state index in [2.05, 4.69) is 5.16 Å². The summed E-state index contributed by atoms with van der Waals surface area (Å²) in [7, 11) is 4.62. The third-order valence-corrected chi connectivity index (χ3v) is 5.69. The number of ether oxygens (including phenoxy) is 5. The van der Waals surface area contributed by atoms with Gasteiger partial charge in [-0.15, -0.1) is 0 Å². The van der Waals surface area contributed by atoms with Gasteiger partial charge in [0.1, 0.15) is 5.69 Å². The predicted molar refractivity (Wildman–Crippen MR) is 126 cm³/mol. The molecule has 186 valence electrons. The average Bonchev–Trinajstić information content (AvgIpc) is 3.69. The van der Waals surface area contributed by atoms with E-state index in [1.807, 2.05) is 18.2 Å². The Morgan fingerprint density at radius 1 is 0.944 bits per heavy atom. The third kappa shape index (κ3) is 4.52. The lowest BCUT2D eigenvalue weighted by atomic mass is 10.1. The summed E-state index contributed by atoms with van der Waals surface area (Å²) in [6.07, 6.45) is 1.46. The Labute approximate surface area is 206 Å². The van der Waals surface area contributed by atoms with Crippen LogP contribution in [0.4, 0.5) is 0 Å². The van der Waals surface area contributed by atoms with Gasteiger partial charge in [0.15, 0.2) is 34.5 Å². The van der Waals surface area contributed by atoms with Crippen molar-refractivity contribution in [3.63, 3.8) is 0 Å². The maximum atomic E-state index is 13.2. The molecular weight excluding hydrogens is 468 g/mol. The molecule has 0 aliphatic carbocycles. The van der Waals surface area contributed by atoms with E-state index < -0.39 is 0 Å². The summed E-state index contributed by atoms with van der Waals surface area (Å²) < 4.78 is 38.1. The highest BCUT2D eigenvalue weighted by molar-refractivity contribution is 5.91. The number of furan rings is 1. The molecule has 5 rings (SSSR count). The van der Waals surface area contributed by atoms with Crippen LogP contribution < -0.4 is 23.7 Å². The van der Waals surface area contributed by atoms with E-state index >= 15 is 0 Å². The fourth-order valence-corrected chi connectivity index (χ4v) is 3.96. The van der Waals surface area contributed by atoms with Crippen molar-refractivity contribution < 1.29 is 37.4 Å². The number of benzene rings is 2. The van der Waals surface area contributed by atoms with Crippen LogP contribution in [0.3, 0.4) is 0 Å². The lowest BCUT2D eigenvalue weighted by molar-refractivity contribution is 0.0693. The van der Waals surface area contributed by atoms with Gasteiger partial charge >= 0.3 is 0 Å². The number of fused-ring (bicyclic) bond motifs is 1. The van der Waals surface area contributed by atoms with E-state index in [0.717, 1.165) is 5.56 Å². The van der Waals surface area contributed by atoms with Crippen molar-refractivity contribution >= 4 is 5.91 Å². The molecule has 2 aromatic carbocycles. The molecule has 4 aromatic rings. The second-order valence-corrected chi connectivity index (χ2v) is 7.92. The summed E-state index contributed by atoms with van der Waals surface area (Å²) >= 11 is 0. The summed E-state index contributed by atoms with van der Waals surface area (Å²) in [6.45, 7) is 0.654. The standard InChI is InChI=1S/C26H24N2O8/c1-30-23-10-17(11-24(31-2)25(23)32-3)21-12-18(27-36-21)14-28(26(29)20-5-4-8-33-20)13-16-6-7-19-22(9-16)35-15-34-19/h4-12H,13-15H2,1-3H3. The van der Waals surface area contributed by atoms with Gasteiger partial charge in [0.25, 0.3) is 5.91 Å². The zero-order valence-corrected chi connectivity index (χ0v) is 20.0. The van der Waals surface area contributed by atoms with Crippen LogP contribution in [0.15, 0.2) is 63.7 Å². The molecule has 2 aromatic heterocycles. The first-order chi connectivity index (χ1) is 17.6. The molecule has 10 heteroatoms. The van der Waals surface area contributed by atoms with Crippen molar-refractivity contribution in [1.82, 2.24) is 10.1 Å². The molecule has 0 radical (unpaired) electrons. The molecule has 0 atom stereocenters. The molecule has 0 saturated carbocycles. The van der Waals surface area contributed by atoms with Crippen LogP contribution in [-0.2, 0) is 13.1 Å².